The summed E-state index contributed by atoms with van der Waals surface area (Å²) in [5.74, 6) is 0.0667. The van der Waals surface area contributed by atoms with Crippen LogP contribution in [0.15, 0.2) is 24.3 Å². The van der Waals surface area contributed by atoms with Gasteiger partial charge in [-0.25, -0.2) is 4.79 Å². The number of anilines is 1. The molecule has 0 bridgehead atoms. The number of hydrogen-bond acceptors (Lipinski definition) is 3. The number of amides is 3. The molecule has 1 aliphatic rings. The van der Waals surface area contributed by atoms with Crippen LogP contribution in [0.3, 0.4) is 0 Å². The van der Waals surface area contributed by atoms with Gasteiger partial charge in [-0.2, -0.15) is 0 Å². The first-order valence-electron chi connectivity index (χ1n) is 7.30. The van der Waals surface area contributed by atoms with E-state index in [-0.39, 0.29) is 11.9 Å². The number of nitrogens with one attached hydrogen (secondary N) is 3. The van der Waals surface area contributed by atoms with Gasteiger partial charge < -0.3 is 21.7 Å². The van der Waals surface area contributed by atoms with E-state index in [0.717, 1.165) is 24.1 Å². The summed E-state index contributed by atoms with van der Waals surface area (Å²) in [7, 11) is 0. The maximum atomic E-state index is 11.7. The third-order valence-electron chi connectivity index (χ3n) is 3.26. The molecule has 21 heavy (non-hydrogen) atoms. The van der Waals surface area contributed by atoms with Crippen LogP contribution >= 0.6 is 0 Å². The van der Waals surface area contributed by atoms with Crippen molar-refractivity contribution in [1.82, 2.24) is 10.6 Å². The topological polar surface area (TPSA) is 96.2 Å². The second-order valence-electron chi connectivity index (χ2n) is 5.23. The molecule has 2 rings (SSSR count). The van der Waals surface area contributed by atoms with E-state index < -0.39 is 0 Å². The van der Waals surface area contributed by atoms with E-state index in [1.807, 2.05) is 24.3 Å². The molecule has 0 spiro atoms. The minimum Gasteiger partial charge on any atom is -0.353 e. The Morgan fingerprint density at radius 3 is 2.52 bits per heavy atom. The van der Waals surface area contributed by atoms with Gasteiger partial charge >= 0.3 is 6.03 Å². The molecule has 0 unspecified atom stereocenters. The van der Waals surface area contributed by atoms with Gasteiger partial charge in [0.15, 0.2) is 0 Å². The molecule has 5 N–H and O–H groups in total. The van der Waals surface area contributed by atoms with Gasteiger partial charge in [-0.1, -0.05) is 12.1 Å². The molecule has 1 aliphatic carbocycles. The Bertz CT molecular complexity index is 483. The third kappa shape index (κ3) is 5.83. The summed E-state index contributed by atoms with van der Waals surface area (Å²) >= 11 is 0. The number of carbonyl (C=O) groups is 2. The Kier molecular flexibility index (Phi) is 5.57. The Labute approximate surface area is 124 Å². The van der Waals surface area contributed by atoms with Crippen LogP contribution in [0, 0.1) is 0 Å². The molecule has 6 heteroatoms. The molecule has 0 aromatic heterocycles. The zero-order valence-corrected chi connectivity index (χ0v) is 12.0. The van der Waals surface area contributed by atoms with E-state index in [4.69, 9.17) is 5.73 Å². The second kappa shape index (κ2) is 7.64. The van der Waals surface area contributed by atoms with Gasteiger partial charge in [0.25, 0.3) is 0 Å². The van der Waals surface area contributed by atoms with E-state index in [0.29, 0.717) is 32.0 Å². The van der Waals surface area contributed by atoms with Crippen LogP contribution in [0.1, 0.15) is 31.2 Å². The molecular formula is C15H22N4O2. The van der Waals surface area contributed by atoms with Crippen molar-refractivity contribution >= 4 is 17.6 Å². The number of hydrogen-bond donors (Lipinski definition) is 4. The SMILES string of the molecule is NCc1ccc(NC(=O)NCCCC(=O)NC2CC2)cc1. The van der Waals surface area contributed by atoms with Crippen molar-refractivity contribution in [2.45, 2.75) is 38.3 Å². The van der Waals surface area contributed by atoms with Gasteiger partial charge in [-0.05, 0) is 37.0 Å². The fourth-order valence-corrected chi connectivity index (χ4v) is 1.88. The van der Waals surface area contributed by atoms with Crippen LogP contribution in [0.4, 0.5) is 10.5 Å². The molecule has 0 radical (unpaired) electrons. The normalized spacial score (nSPS) is 13.6. The van der Waals surface area contributed by atoms with Crippen LogP contribution in [0.25, 0.3) is 0 Å². The van der Waals surface area contributed by atoms with Crippen LogP contribution in [0.5, 0.6) is 0 Å². The van der Waals surface area contributed by atoms with Crippen molar-refractivity contribution in [2.75, 3.05) is 11.9 Å². The van der Waals surface area contributed by atoms with E-state index >= 15 is 0 Å². The maximum Gasteiger partial charge on any atom is 0.319 e. The predicted octanol–water partition coefficient (Wildman–Crippen LogP) is 1.33. The minimum absolute atomic E-state index is 0.0667. The molecular weight excluding hydrogens is 268 g/mol. The molecule has 1 aromatic carbocycles. The van der Waals surface area contributed by atoms with E-state index in [2.05, 4.69) is 16.0 Å². The van der Waals surface area contributed by atoms with Gasteiger partial charge in [0, 0.05) is 31.2 Å². The number of carbonyl (C=O) groups excluding carboxylic acids is 2. The first-order chi connectivity index (χ1) is 10.2. The summed E-state index contributed by atoms with van der Waals surface area (Å²) in [5, 5.41) is 8.38. The molecule has 114 valence electrons. The standard InChI is InChI=1S/C15H22N4O2/c16-10-11-3-5-13(6-4-11)19-15(21)17-9-1-2-14(20)18-12-7-8-12/h3-6,12H,1-2,7-10,16H2,(H,18,20)(H2,17,19,21). The quantitative estimate of drug-likeness (QED) is 0.570. The van der Waals surface area contributed by atoms with Gasteiger partial charge in [0.1, 0.15) is 0 Å². The molecule has 3 amide bonds. The van der Waals surface area contributed by atoms with Gasteiger partial charge in [0.2, 0.25) is 5.91 Å². The van der Waals surface area contributed by atoms with Crippen molar-refractivity contribution in [3.8, 4) is 0 Å². The van der Waals surface area contributed by atoms with E-state index in [1.165, 1.54) is 0 Å². The summed E-state index contributed by atoms with van der Waals surface area (Å²) in [6.45, 7) is 0.959. The lowest BCUT2D eigenvalue weighted by molar-refractivity contribution is -0.121. The van der Waals surface area contributed by atoms with E-state index in [9.17, 15) is 9.59 Å². The zero-order valence-electron chi connectivity index (χ0n) is 12.0. The fourth-order valence-electron chi connectivity index (χ4n) is 1.88. The molecule has 0 heterocycles. The lowest BCUT2D eigenvalue weighted by Gasteiger charge is -2.08. The molecule has 6 nitrogen and oxygen atoms in total. The van der Waals surface area contributed by atoms with Gasteiger partial charge in [-0.3, -0.25) is 4.79 Å². The summed E-state index contributed by atoms with van der Waals surface area (Å²) < 4.78 is 0. The number of nitrogens with two attached hydrogens (primary N) is 1. The highest BCUT2D eigenvalue weighted by Crippen LogP contribution is 2.18. The lowest BCUT2D eigenvalue weighted by Crippen LogP contribution is -2.31. The molecule has 0 aliphatic heterocycles. The number of urea groups is 1. The van der Waals surface area contributed by atoms with Crippen LogP contribution in [-0.2, 0) is 11.3 Å². The first-order valence-corrected chi connectivity index (χ1v) is 7.30. The summed E-state index contributed by atoms with van der Waals surface area (Å²) in [5.41, 5.74) is 7.24. The number of rotatable bonds is 7. The van der Waals surface area contributed by atoms with Crippen molar-refractivity contribution in [3.05, 3.63) is 29.8 Å². The fraction of sp³-hybridized carbons (Fsp3) is 0.467. The molecule has 1 aromatic rings. The average molecular weight is 290 g/mol. The summed E-state index contributed by atoms with van der Waals surface area (Å²) in [4.78, 5) is 23.1. The Morgan fingerprint density at radius 2 is 1.90 bits per heavy atom. The van der Waals surface area contributed by atoms with Crippen molar-refractivity contribution in [3.63, 3.8) is 0 Å². The maximum absolute atomic E-state index is 11.7. The van der Waals surface area contributed by atoms with Crippen LogP contribution in [0.2, 0.25) is 0 Å². The second-order valence-corrected chi connectivity index (χ2v) is 5.23. The molecule has 0 atom stereocenters. The van der Waals surface area contributed by atoms with Gasteiger partial charge in [-0.15, -0.1) is 0 Å². The van der Waals surface area contributed by atoms with Crippen LogP contribution < -0.4 is 21.7 Å². The highest BCUT2D eigenvalue weighted by atomic mass is 16.2. The first kappa shape index (κ1) is 15.3. The van der Waals surface area contributed by atoms with Crippen LogP contribution in [-0.4, -0.2) is 24.5 Å². The smallest absolute Gasteiger partial charge is 0.319 e. The van der Waals surface area contributed by atoms with Crippen molar-refractivity contribution < 1.29 is 9.59 Å². The van der Waals surface area contributed by atoms with E-state index in [1.54, 1.807) is 0 Å². The monoisotopic (exact) mass is 290 g/mol. The van der Waals surface area contributed by atoms with Crippen molar-refractivity contribution in [1.29, 1.82) is 0 Å². The predicted molar refractivity (Wildman–Crippen MR) is 81.8 cm³/mol. The minimum atomic E-state index is -0.266. The summed E-state index contributed by atoms with van der Waals surface area (Å²) in [6.07, 6.45) is 3.27. The zero-order chi connectivity index (χ0) is 15.1. The van der Waals surface area contributed by atoms with Gasteiger partial charge in [0.05, 0.1) is 0 Å². The van der Waals surface area contributed by atoms with Crippen molar-refractivity contribution in [2.24, 2.45) is 5.73 Å². The summed E-state index contributed by atoms with van der Waals surface area (Å²) in [6, 6.07) is 7.49. The largest absolute Gasteiger partial charge is 0.353 e. The highest BCUT2D eigenvalue weighted by Gasteiger charge is 2.22. The number of benzene rings is 1. The molecule has 1 saturated carbocycles. The molecule has 1 fully saturated rings. The average Bonchev–Trinajstić information content (AvgIpc) is 3.28. The third-order valence-corrected chi connectivity index (χ3v) is 3.26. The Morgan fingerprint density at radius 1 is 1.19 bits per heavy atom. The Hall–Kier alpha value is -2.08. The molecule has 0 saturated heterocycles. The highest BCUT2D eigenvalue weighted by molar-refractivity contribution is 5.89. The lowest BCUT2D eigenvalue weighted by atomic mass is 10.2. The Balaban J connectivity index is 1.59.